The smallest absolute Gasteiger partial charge is 0.279 e. The van der Waals surface area contributed by atoms with Gasteiger partial charge in [-0.05, 0) is 37.5 Å². The summed E-state index contributed by atoms with van der Waals surface area (Å²) in [7, 11) is 0. The molecule has 1 fully saturated rings. The maximum atomic E-state index is 12.7. The van der Waals surface area contributed by atoms with Gasteiger partial charge in [0.1, 0.15) is 6.04 Å². The number of nitrogens with zero attached hydrogens (tertiary/aromatic N) is 2. The maximum absolute atomic E-state index is 12.7. The molecule has 6 nitrogen and oxygen atoms in total. The van der Waals surface area contributed by atoms with Crippen LogP contribution in [0.2, 0.25) is 10.0 Å². The summed E-state index contributed by atoms with van der Waals surface area (Å²) in [4.78, 5) is 29.8. The van der Waals surface area contributed by atoms with E-state index >= 15 is 0 Å². The molecule has 1 aromatic carbocycles. The van der Waals surface area contributed by atoms with Gasteiger partial charge in [-0.15, -0.1) is 11.3 Å². The van der Waals surface area contributed by atoms with E-state index in [0.29, 0.717) is 33.4 Å². The van der Waals surface area contributed by atoms with Crippen molar-refractivity contribution in [1.82, 2.24) is 9.88 Å². The number of hydrogen-bond acceptors (Lipinski definition) is 4. The number of benzene rings is 1. The maximum Gasteiger partial charge on any atom is 0.279 e. The fourth-order valence-corrected chi connectivity index (χ4v) is 4.09. The minimum absolute atomic E-state index is 0.0781. The Kier molecular flexibility index (Phi) is 7.29. The molecule has 0 spiro atoms. The Morgan fingerprint density at radius 1 is 1.39 bits per heavy atom. The predicted octanol–water partition coefficient (Wildman–Crippen LogP) is 3.84. The Labute approximate surface area is 177 Å². The summed E-state index contributed by atoms with van der Waals surface area (Å²) in [6.45, 7) is 3.16. The van der Waals surface area contributed by atoms with Crippen LogP contribution in [-0.4, -0.2) is 35.6 Å². The Morgan fingerprint density at radius 3 is 2.89 bits per heavy atom. The minimum Gasteiger partial charge on any atom is -0.376 e. The summed E-state index contributed by atoms with van der Waals surface area (Å²) in [5.41, 5.74) is 0.338. The molecule has 0 saturated carbocycles. The Hall–Kier alpha value is -1.67. The van der Waals surface area contributed by atoms with Crippen LogP contribution in [0.5, 0.6) is 0 Å². The van der Waals surface area contributed by atoms with Crippen LogP contribution in [0, 0.1) is 0 Å². The van der Waals surface area contributed by atoms with E-state index < -0.39 is 11.9 Å². The van der Waals surface area contributed by atoms with Crippen LogP contribution in [0.15, 0.2) is 34.8 Å². The van der Waals surface area contributed by atoms with Crippen LogP contribution in [0.3, 0.4) is 0 Å². The fraction of sp³-hybridized carbons (Fsp3) is 0.421. The van der Waals surface area contributed by atoms with E-state index in [1.54, 1.807) is 28.3 Å². The van der Waals surface area contributed by atoms with Gasteiger partial charge < -0.3 is 14.6 Å². The molecule has 3 rings (SSSR count). The summed E-state index contributed by atoms with van der Waals surface area (Å²) >= 11 is 13.2. The molecule has 0 aliphatic carbocycles. The number of aromatic nitrogens is 1. The fourth-order valence-electron chi connectivity index (χ4n) is 3.03. The molecular weight excluding hydrogens is 421 g/mol. The zero-order chi connectivity index (χ0) is 20.1. The third kappa shape index (κ3) is 5.03. The highest BCUT2D eigenvalue weighted by Gasteiger charge is 2.22. The van der Waals surface area contributed by atoms with E-state index in [2.05, 4.69) is 10.3 Å². The van der Waals surface area contributed by atoms with Crippen molar-refractivity contribution in [2.75, 3.05) is 13.2 Å². The first-order valence-electron chi connectivity index (χ1n) is 9.08. The van der Waals surface area contributed by atoms with Crippen molar-refractivity contribution in [3.05, 3.63) is 50.2 Å². The summed E-state index contributed by atoms with van der Waals surface area (Å²) in [5.74, 6) is -0.552. The topological polar surface area (TPSA) is 72.7 Å². The molecule has 0 radical (unpaired) electrons. The summed E-state index contributed by atoms with van der Waals surface area (Å²) in [5, 5.41) is 5.42. The number of nitrogens with one attached hydrogen (secondary N) is 1. The molecule has 2 amide bonds. The van der Waals surface area contributed by atoms with Crippen molar-refractivity contribution in [1.29, 1.82) is 0 Å². The number of halogens is 2. The first kappa shape index (κ1) is 21.0. The quantitative estimate of drug-likeness (QED) is 0.739. The zero-order valence-corrected chi connectivity index (χ0v) is 17.7. The van der Waals surface area contributed by atoms with Gasteiger partial charge in [-0.1, -0.05) is 30.1 Å². The average Bonchev–Trinajstić information content (AvgIpc) is 3.35. The molecule has 1 aliphatic heterocycles. The molecule has 150 valence electrons. The first-order chi connectivity index (χ1) is 13.5. The van der Waals surface area contributed by atoms with Gasteiger partial charge in [0.05, 0.1) is 16.1 Å². The molecule has 0 bridgehead atoms. The predicted molar refractivity (Wildman–Crippen MR) is 110 cm³/mol. The Morgan fingerprint density at radius 2 is 2.21 bits per heavy atom. The molecule has 1 aliphatic rings. The highest BCUT2D eigenvalue weighted by molar-refractivity contribution is 7.07. The molecule has 9 heteroatoms. The van der Waals surface area contributed by atoms with Crippen molar-refractivity contribution in [2.45, 2.75) is 38.3 Å². The summed E-state index contributed by atoms with van der Waals surface area (Å²) < 4.78 is 7.28. The van der Waals surface area contributed by atoms with Crippen LogP contribution >= 0.6 is 34.5 Å². The number of hydrogen-bond donors (Lipinski definition) is 1. The van der Waals surface area contributed by atoms with Crippen LogP contribution < -0.4 is 10.1 Å². The molecule has 1 N–H and O–H groups in total. The van der Waals surface area contributed by atoms with Crippen molar-refractivity contribution in [3.63, 3.8) is 0 Å². The highest BCUT2D eigenvalue weighted by atomic mass is 35.5. The molecule has 2 aromatic rings. The van der Waals surface area contributed by atoms with E-state index in [9.17, 15) is 9.59 Å². The summed E-state index contributed by atoms with van der Waals surface area (Å²) in [6, 6.07) is 4.17. The van der Waals surface area contributed by atoms with Gasteiger partial charge in [0, 0.05) is 30.3 Å². The van der Waals surface area contributed by atoms with Gasteiger partial charge >= 0.3 is 0 Å². The third-order valence-corrected chi connectivity index (χ3v) is 6.04. The standard InChI is InChI=1S/C19H21Cl2N3O3S/c1-2-16(18(26)22-11-13-4-3-8-27-13)24-7-9-28-19(24)23-17(25)12-5-6-14(20)15(21)10-12/h5-7,9-10,13,16H,2-4,8,11H2,1H3,(H,22,26)/t13-,16+/m0/s1. The monoisotopic (exact) mass is 441 g/mol. The number of carbonyl (C=O) groups excluding carboxylic acids is 2. The Balaban J connectivity index is 1.77. The number of ether oxygens (including phenoxy) is 1. The van der Waals surface area contributed by atoms with Crippen molar-refractivity contribution < 1.29 is 14.3 Å². The zero-order valence-electron chi connectivity index (χ0n) is 15.4. The lowest BCUT2D eigenvalue weighted by atomic mass is 10.2. The van der Waals surface area contributed by atoms with Gasteiger partial charge in [0.15, 0.2) is 4.80 Å². The minimum atomic E-state index is -0.451. The van der Waals surface area contributed by atoms with Crippen molar-refractivity contribution in [3.8, 4) is 0 Å². The largest absolute Gasteiger partial charge is 0.376 e. The molecule has 1 aromatic heterocycles. The molecular formula is C19H21Cl2N3O3S. The van der Waals surface area contributed by atoms with Crippen LogP contribution in [0.25, 0.3) is 0 Å². The summed E-state index contributed by atoms with van der Waals surface area (Å²) in [6.07, 6.45) is 4.40. The number of carbonyl (C=O) groups is 2. The van der Waals surface area contributed by atoms with E-state index in [0.717, 1.165) is 19.4 Å². The lowest BCUT2D eigenvalue weighted by Gasteiger charge is -2.18. The van der Waals surface area contributed by atoms with E-state index in [4.69, 9.17) is 27.9 Å². The van der Waals surface area contributed by atoms with Crippen LogP contribution in [-0.2, 0) is 9.53 Å². The van der Waals surface area contributed by atoms with Gasteiger partial charge in [0.25, 0.3) is 5.91 Å². The van der Waals surface area contributed by atoms with Crippen LogP contribution in [0.1, 0.15) is 42.6 Å². The van der Waals surface area contributed by atoms with Crippen molar-refractivity contribution >= 4 is 46.4 Å². The van der Waals surface area contributed by atoms with Crippen molar-refractivity contribution in [2.24, 2.45) is 4.99 Å². The van der Waals surface area contributed by atoms with Gasteiger partial charge in [-0.25, -0.2) is 0 Å². The molecule has 1 saturated heterocycles. The lowest BCUT2D eigenvalue weighted by Crippen LogP contribution is -2.39. The van der Waals surface area contributed by atoms with Gasteiger partial charge in [-0.2, -0.15) is 4.99 Å². The van der Waals surface area contributed by atoms with E-state index in [1.807, 2.05) is 6.92 Å². The van der Waals surface area contributed by atoms with E-state index in [-0.39, 0.29) is 12.0 Å². The second-order valence-corrected chi connectivity index (χ2v) is 8.13. The SMILES string of the molecule is CC[C@H](C(=O)NC[C@@H]1CCCO1)n1ccsc1=NC(=O)c1ccc(Cl)c(Cl)c1. The number of thiazole rings is 1. The Bertz CT molecular complexity index is 919. The first-order valence-corrected chi connectivity index (χ1v) is 10.7. The second kappa shape index (κ2) is 9.69. The molecule has 0 unspecified atom stereocenters. The lowest BCUT2D eigenvalue weighted by molar-refractivity contribution is -0.125. The number of amides is 2. The molecule has 28 heavy (non-hydrogen) atoms. The number of rotatable bonds is 6. The van der Waals surface area contributed by atoms with Gasteiger partial charge in [0.2, 0.25) is 5.91 Å². The van der Waals surface area contributed by atoms with Crippen LogP contribution in [0.4, 0.5) is 0 Å². The second-order valence-electron chi connectivity index (χ2n) is 6.44. The average molecular weight is 442 g/mol. The van der Waals surface area contributed by atoms with E-state index in [1.165, 1.54) is 17.4 Å². The normalized spacial score (nSPS) is 18.2. The van der Waals surface area contributed by atoms with Gasteiger partial charge in [-0.3, -0.25) is 9.59 Å². The molecule has 2 atom stereocenters. The third-order valence-electron chi connectivity index (χ3n) is 4.53. The molecule has 2 heterocycles. The highest BCUT2D eigenvalue weighted by Crippen LogP contribution is 2.23.